The van der Waals surface area contributed by atoms with E-state index in [4.69, 9.17) is 26.3 Å². The number of carbonyl (C=O) groups is 2. The Morgan fingerprint density at radius 2 is 1.64 bits per heavy atom. The van der Waals surface area contributed by atoms with Crippen molar-refractivity contribution in [1.82, 2.24) is 0 Å². The molecule has 1 aromatic carbocycles. The number of hydrogen-bond donors (Lipinski definition) is 0. The lowest BCUT2D eigenvalue weighted by molar-refractivity contribution is -0.177. The van der Waals surface area contributed by atoms with Crippen LogP contribution >= 0.6 is 11.6 Å². The van der Waals surface area contributed by atoms with Crippen molar-refractivity contribution in [1.29, 1.82) is 0 Å². The van der Waals surface area contributed by atoms with Crippen molar-refractivity contribution >= 4 is 29.1 Å². The van der Waals surface area contributed by atoms with E-state index in [0.717, 1.165) is 69.1 Å². The molecular weight excluding hydrogens is 582 g/mol. The van der Waals surface area contributed by atoms with Gasteiger partial charge in [0, 0.05) is 16.4 Å². The Morgan fingerprint density at radius 1 is 0.956 bits per heavy atom. The van der Waals surface area contributed by atoms with E-state index < -0.39 is 5.41 Å². The van der Waals surface area contributed by atoms with Crippen LogP contribution in [0.25, 0.3) is 0 Å². The summed E-state index contributed by atoms with van der Waals surface area (Å²) in [5.74, 6) is 0.787. The highest BCUT2D eigenvalue weighted by molar-refractivity contribution is 6.30. The zero-order chi connectivity index (χ0) is 32.6. The van der Waals surface area contributed by atoms with Crippen LogP contribution in [0.15, 0.2) is 41.1 Å². The Balaban J connectivity index is 1.30. The predicted molar refractivity (Wildman–Crippen MR) is 180 cm³/mol. The highest BCUT2D eigenvalue weighted by atomic mass is 35.5. The molecule has 5 aliphatic carbocycles. The Labute approximate surface area is 275 Å². The van der Waals surface area contributed by atoms with Crippen LogP contribution in [0.1, 0.15) is 119 Å². The molecule has 0 spiro atoms. The molecule has 4 fully saturated rings. The minimum absolute atomic E-state index is 0.0299. The third-order valence-corrected chi connectivity index (χ3v) is 14.7. The first-order chi connectivity index (χ1) is 21.0. The van der Waals surface area contributed by atoms with E-state index in [0.29, 0.717) is 29.9 Å². The van der Waals surface area contributed by atoms with Crippen molar-refractivity contribution in [2.45, 2.75) is 120 Å². The van der Waals surface area contributed by atoms with E-state index in [1.54, 1.807) is 0 Å². The number of oxime groups is 1. The number of ether oxygens (including phenoxy) is 1. The Morgan fingerprint density at radius 3 is 2.33 bits per heavy atom. The third-order valence-electron chi connectivity index (χ3n) is 14.4. The molecule has 5 nitrogen and oxygen atoms in total. The summed E-state index contributed by atoms with van der Waals surface area (Å²) < 4.78 is 5.59. The average Bonchev–Trinajstić information content (AvgIpc) is 2.97. The molecule has 1 aromatic rings. The fourth-order valence-corrected chi connectivity index (χ4v) is 11.5. The van der Waals surface area contributed by atoms with Crippen molar-refractivity contribution in [3.63, 3.8) is 0 Å². The quantitative estimate of drug-likeness (QED) is 0.239. The van der Waals surface area contributed by atoms with Crippen molar-refractivity contribution in [2.75, 3.05) is 6.61 Å². The van der Waals surface area contributed by atoms with Gasteiger partial charge in [-0.1, -0.05) is 76.0 Å². The van der Waals surface area contributed by atoms with Crippen LogP contribution in [0.4, 0.5) is 0 Å². The number of rotatable bonds is 5. The summed E-state index contributed by atoms with van der Waals surface area (Å²) in [6.45, 7) is 19.2. The molecule has 0 amide bonds. The van der Waals surface area contributed by atoms with Gasteiger partial charge in [-0.25, -0.2) is 0 Å². The predicted octanol–water partition coefficient (Wildman–Crippen LogP) is 9.76. The highest BCUT2D eigenvalue weighted by Gasteiger charge is 2.70. The standard InChI is InChI=1S/C39H54ClNO4/c1-9-44-33(43)36(5)19-18-35(4)20-21-38(7)27(28(35)23-36)22-29(42)32-37(6)16-15-31(34(2,3)30(37)14-17-39(32,38)8)41-45-24-25-10-12-26(40)13-11-25/h10-13,22,28,30,32H,9,14-21,23-24H2,1-8H3/b41-31+/t28-,30-,32+,35+,36-,37-,38+,39+/m0/s1. The number of esters is 1. The van der Waals surface area contributed by atoms with Crippen LogP contribution in [0.2, 0.25) is 5.02 Å². The minimum Gasteiger partial charge on any atom is -0.466 e. The summed E-state index contributed by atoms with van der Waals surface area (Å²) in [5, 5.41) is 5.45. The van der Waals surface area contributed by atoms with Crippen LogP contribution in [0.5, 0.6) is 0 Å². The smallest absolute Gasteiger partial charge is 0.311 e. The summed E-state index contributed by atoms with van der Waals surface area (Å²) in [7, 11) is 0. The van der Waals surface area contributed by atoms with Gasteiger partial charge in [-0.3, -0.25) is 9.59 Å². The van der Waals surface area contributed by atoms with E-state index in [1.807, 2.05) is 31.2 Å². The van der Waals surface area contributed by atoms with Crippen molar-refractivity contribution in [2.24, 2.45) is 55.4 Å². The Hall–Kier alpha value is -2.14. The number of fused-ring (bicyclic) bond motifs is 7. The van der Waals surface area contributed by atoms with Gasteiger partial charge in [0.15, 0.2) is 5.78 Å². The first kappa shape index (κ1) is 32.8. The van der Waals surface area contributed by atoms with Gasteiger partial charge in [-0.15, -0.1) is 0 Å². The number of nitrogens with zero attached hydrogens (tertiary/aromatic N) is 1. The van der Waals surface area contributed by atoms with Gasteiger partial charge in [0.2, 0.25) is 0 Å². The second kappa shape index (κ2) is 11.0. The maximum atomic E-state index is 14.7. The van der Waals surface area contributed by atoms with Gasteiger partial charge in [0.05, 0.1) is 17.7 Å². The van der Waals surface area contributed by atoms with E-state index in [-0.39, 0.29) is 44.9 Å². The first-order valence-corrected chi connectivity index (χ1v) is 17.8. The molecule has 4 saturated carbocycles. The molecule has 5 aliphatic rings. The number of allylic oxidation sites excluding steroid dienone is 2. The SMILES string of the molecule is CCOC(=O)[C@@]1(C)CC[C@]2(C)CC[C@]3(C)C(=CC(=O)[C@@H]4[C@@]5(C)CC/C(=N\OCc6ccc(Cl)cc6)C(C)(C)[C@@H]5CC[C@]43C)[C@@H]2C1. The van der Waals surface area contributed by atoms with Crippen LogP contribution in [0, 0.1) is 50.2 Å². The number of carbonyl (C=O) groups excluding carboxylic acids is 2. The molecule has 0 heterocycles. The summed E-state index contributed by atoms with van der Waals surface area (Å²) >= 11 is 6.05. The molecule has 0 radical (unpaired) electrons. The largest absolute Gasteiger partial charge is 0.466 e. The van der Waals surface area contributed by atoms with Crippen LogP contribution in [-0.2, 0) is 25.8 Å². The van der Waals surface area contributed by atoms with Gasteiger partial charge in [-0.05, 0) is 129 Å². The molecule has 0 saturated heterocycles. The molecular formula is C39H54ClNO4. The average molecular weight is 636 g/mol. The molecule has 0 N–H and O–H groups in total. The molecule has 0 aliphatic heterocycles. The zero-order valence-corrected chi connectivity index (χ0v) is 29.6. The lowest BCUT2D eigenvalue weighted by Gasteiger charge is -2.70. The van der Waals surface area contributed by atoms with E-state index in [9.17, 15) is 9.59 Å². The summed E-state index contributed by atoms with van der Waals surface area (Å²) in [5.41, 5.74) is 2.62. The Bertz CT molecular complexity index is 1430. The van der Waals surface area contributed by atoms with Crippen molar-refractivity contribution < 1.29 is 19.2 Å². The summed E-state index contributed by atoms with van der Waals surface area (Å²) in [6.07, 6.45) is 10.9. The van der Waals surface area contributed by atoms with Crippen molar-refractivity contribution in [3.05, 3.63) is 46.5 Å². The maximum absolute atomic E-state index is 14.7. The normalized spacial score (nSPS) is 42.9. The first-order valence-electron chi connectivity index (χ1n) is 17.4. The number of benzene rings is 1. The lowest BCUT2D eigenvalue weighted by atomic mass is 9.33. The Kier molecular flexibility index (Phi) is 7.98. The monoisotopic (exact) mass is 635 g/mol. The van der Waals surface area contributed by atoms with Crippen LogP contribution in [-0.4, -0.2) is 24.1 Å². The topological polar surface area (TPSA) is 65.0 Å². The lowest BCUT2D eigenvalue weighted by Crippen LogP contribution is -2.66. The molecule has 246 valence electrons. The molecule has 45 heavy (non-hydrogen) atoms. The van der Waals surface area contributed by atoms with E-state index in [2.05, 4.69) is 54.5 Å². The van der Waals surface area contributed by atoms with Crippen molar-refractivity contribution in [3.8, 4) is 0 Å². The number of ketones is 1. The second-order valence-electron chi connectivity index (χ2n) is 17.1. The fourth-order valence-electron chi connectivity index (χ4n) is 11.4. The summed E-state index contributed by atoms with van der Waals surface area (Å²) in [6, 6.07) is 7.71. The van der Waals surface area contributed by atoms with Gasteiger partial charge >= 0.3 is 5.97 Å². The zero-order valence-electron chi connectivity index (χ0n) is 28.9. The maximum Gasteiger partial charge on any atom is 0.311 e. The molecule has 0 bridgehead atoms. The van der Waals surface area contributed by atoms with E-state index in [1.165, 1.54) is 5.57 Å². The van der Waals surface area contributed by atoms with Crippen LogP contribution in [0.3, 0.4) is 0 Å². The molecule has 8 atom stereocenters. The second-order valence-corrected chi connectivity index (χ2v) is 17.6. The minimum atomic E-state index is -0.498. The van der Waals surface area contributed by atoms with Gasteiger partial charge in [0.1, 0.15) is 6.61 Å². The molecule has 0 unspecified atom stereocenters. The molecule has 6 rings (SSSR count). The van der Waals surface area contributed by atoms with Gasteiger partial charge in [0.25, 0.3) is 0 Å². The van der Waals surface area contributed by atoms with E-state index >= 15 is 0 Å². The van der Waals surface area contributed by atoms with Gasteiger partial charge in [-0.2, -0.15) is 0 Å². The number of halogens is 1. The van der Waals surface area contributed by atoms with Crippen LogP contribution < -0.4 is 0 Å². The number of hydrogen-bond acceptors (Lipinski definition) is 5. The molecule has 0 aromatic heterocycles. The molecule has 6 heteroatoms. The highest BCUT2D eigenvalue weighted by Crippen LogP contribution is 2.75. The van der Waals surface area contributed by atoms with Gasteiger partial charge < -0.3 is 9.57 Å². The third kappa shape index (κ3) is 4.87. The fraction of sp³-hybridized carbons (Fsp3) is 0.718. The summed E-state index contributed by atoms with van der Waals surface area (Å²) in [4.78, 5) is 33.8.